The lowest BCUT2D eigenvalue weighted by atomic mass is 9.84. The Labute approximate surface area is 117 Å². The Kier molecular flexibility index (Phi) is 5.87. The molecule has 0 spiro atoms. The first kappa shape index (κ1) is 14.5. The van der Waals surface area contributed by atoms with Crippen LogP contribution in [0, 0.1) is 0 Å². The fourth-order valence-corrected chi connectivity index (χ4v) is 3.03. The Hall–Kier alpha value is -0.860. The monoisotopic (exact) mass is 260 g/mol. The topological polar surface area (TPSA) is 38.0 Å². The summed E-state index contributed by atoms with van der Waals surface area (Å²) >= 11 is 0. The average molecular weight is 260 g/mol. The zero-order valence-corrected chi connectivity index (χ0v) is 12.2. The maximum atomic E-state index is 5.52. The molecule has 106 valence electrons. The van der Waals surface area contributed by atoms with Crippen LogP contribution in [-0.2, 0) is 0 Å². The van der Waals surface area contributed by atoms with E-state index in [9.17, 15) is 0 Å². The third-order valence-electron chi connectivity index (χ3n) is 4.34. The van der Waals surface area contributed by atoms with Crippen molar-refractivity contribution in [3.8, 4) is 0 Å². The van der Waals surface area contributed by atoms with Crippen LogP contribution in [0.2, 0.25) is 0 Å². The van der Waals surface area contributed by atoms with Crippen LogP contribution in [0.1, 0.15) is 68.5 Å². The standard InChI is InChI=1S/C17H28N2/c1-14(19-13-5-12-18)15-8-10-17(11-9-15)16-6-3-2-4-7-16/h8-11,14,16,19H,2-7,12-13,18H2,1H3. The highest BCUT2D eigenvalue weighted by molar-refractivity contribution is 5.27. The van der Waals surface area contributed by atoms with E-state index < -0.39 is 0 Å². The average Bonchev–Trinajstić information content (AvgIpc) is 2.48. The number of hydrogen-bond acceptors (Lipinski definition) is 2. The first-order valence-electron chi connectivity index (χ1n) is 7.84. The van der Waals surface area contributed by atoms with Crippen molar-refractivity contribution < 1.29 is 0 Å². The van der Waals surface area contributed by atoms with E-state index in [2.05, 4.69) is 36.5 Å². The van der Waals surface area contributed by atoms with Gasteiger partial charge in [0.25, 0.3) is 0 Å². The molecule has 1 unspecified atom stereocenters. The van der Waals surface area contributed by atoms with E-state index in [4.69, 9.17) is 5.73 Å². The molecule has 1 aromatic rings. The van der Waals surface area contributed by atoms with Gasteiger partial charge in [-0.25, -0.2) is 0 Å². The number of rotatable bonds is 6. The third-order valence-corrected chi connectivity index (χ3v) is 4.34. The molecule has 1 aromatic carbocycles. The number of hydrogen-bond donors (Lipinski definition) is 2. The molecular weight excluding hydrogens is 232 g/mol. The van der Waals surface area contributed by atoms with Crippen molar-refractivity contribution in [1.82, 2.24) is 5.32 Å². The minimum Gasteiger partial charge on any atom is -0.330 e. The van der Waals surface area contributed by atoms with E-state index in [1.807, 2.05) is 0 Å². The molecule has 0 aliphatic heterocycles. The number of nitrogens with one attached hydrogen (secondary N) is 1. The lowest BCUT2D eigenvalue weighted by molar-refractivity contribution is 0.443. The number of nitrogens with two attached hydrogens (primary N) is 1. The summed E-state index contributed by atoms with van der Waals surface area (Å²) < 4.78 is 0. The summed E-state index contributed by atoms with van der Waals surface area (Å²) in [6, 6.07) is 9.69. The van der Waals surface area contributed by atoms with Crippen LogP contribution in [0.5, 0.6) is 0 Å². The van der Waals surface area contributed by atoms with Gasteiger partial charge in [-0.3, -0.25) is 0 Å². The van der Waals surface area contributed by atoms with E-state index in [0.717, 1.165) is 25.4 Å². The molecule has 19 heavy (non-hydrogen) atoms. The summed E-state index contributed by atoms with van der Waals surface area (Å²) in [5.41, 5.74) is 8.44. The van der Waals surface area contributed by atoms with Gasteiger partial charge in [0.2, 0.25) is 0 Å². The molecule has 2 rings (SSSR count). The smallest absolute Gasteiger partial charge is 0.0291 e. The maximum absolute atomic E-state index is 5.52. The van der Waals surface area contributed by atoms with Crippen molar-refractivity contribution in [2.45, 2.75) is 57.4 Å². The van der Waals surface area contributed by atoms with Gasteiger partial charge in [-0.1, -0.05) is 43.5 Å². The molecule has 1 aliphatic rings. The molecule has 0 bridgehead atoms. The Balaban J connectivity index is 1.89. The molecule has 1 atom stereocenters. The fraction of sp³-hybridized carbons (Fsp3) is 0.647. The van der Waals surface area contributed by atoms with E-state index >= 15 is 0 Å². The lowest BCUT2D eigenvalue weighted by Crippen LogP contribution is -2.21. The van der Waals surface area contributed by atoms with Gasteiger partial charge in [0.05, 0.1) is 0 Å². The Morgan fingerprint density at radius 2 is 1.84 bits per heavy atom. The second-order valence-corrected chi connectivity index (χ2v) is 5.82. The van der Waals surface area contributed by atoms with Crippen LogP contribution in [-0.4, -0.2) is 13.1 Å². The Bertz CT molecular complexity index is 352. The minimum atomic E-state index is 0.423. The molecule has 0 saturated heterocycles. The van der Waals surface area contributed by atoms with Gasteiger partial charge >= 0.3 is 0 Å². The largest absolute Gasteiger partial charge is 0.330 e. The van der Waals surface area contributed by atoms with Crippen LogP contribution < -0.4 is 11.1 Å². The van der Waals surface area contributed by atoms with Gasteiger partial charge in [0.15, 0.2) is 0 Å². The number of benzene rings is 1. The molecule has 1 aliphatic carbocycles. The third kappa shape index (κ3) is 4.32. The van der Waals surface area contributed by atoms with E-state index in [1.54, 1.807) is 0 Å². The highest BCUT2D eigenvalue weighted by Gasteiger charge is 2.15. The predicted molar refractivity (Wildman–Crippen MR) is 82.4 cm³/mol. The van der Waals surface area contributed by atoms with Crippen LogP contribution in [0.15, 0.2) is 24.3 Å². The second kappa shape index (κ2) is 7.66. The zero-order chi connectivity index (χ0) is 13.5. The van der Waals surface area contributed by atoms with Crippen LogP contribution >= 0.6 is 0 Å². The van der Waals surface area contributed by atoms with Crippen LogP contribution in [0.3, 0.4) is 0 Å². The van der Waals surface area contributed by atoms with Gasteiger partial charge < -0.3 is 11.1 Å². The summed E-state index contributed by atoms with van der Waals surface area (Å²) in [5.74, 6) is 0.809. The Morgan fingerprint density at radius 3 is 2.47 bits per heavy atom. The summed E-state index contributed by atoms with van der Waals surface area (Å²) in [4.78, 5) is 0. The summed E-state index contributed by atoms with van der Waals surface area (Å²) in [6.07, 6.45) is 8.04. The molecule has 2 nitrogen and oxygen atoms in total. The summed E-state index contributed by atoms with van der Waals surface area (Å²) in [5, 5.41) is 3.52. The Morgan fingerprint density at radius 1 is 1.16 bits per heavy atom. The van der Waals surface area contributed by atoms with Crippen molar-refractivity contribution in [1.29, 1.82) is 0 Å². The zero-order valence-electron chi connectivity index (χ0n) is 12.2. The highest BCUT2D eigenvalue weighted by Crippen LogP contribution is 2.32. The molecule has 1 saturated carbocycles. The van der Waals surface area contributed by atoms with Gasteiger partial charge in [0, 0.05) is 6.04 Å². The first-order chi connectivity index (χ1) is 9.31. The highest BCUT2D eigenvalue weighted by atomic mass is 14.9. The fourth-order valence-electron chi connectivity index (χ4n) is 3.03. The summed E-state index contributed by atoms with van der Waals surface area (Å²) in [6.45, 7) is 3.99. The molecule has 0 heterocycles. The quantitative estimate of drug-likeness (QED) is 0.765. The van der Waals surface area contributed by atoms with Crippen LogP contribution in [0.25, 0.3) is 0 Å². The second-order valence-electron chi connectivity index (χ2n) is 5.82. The normalized spacial score (nSPS) is 18.4. The van der Waals surface area contributed by atoms with E-state index in [1.165, 1.54) is 43.2 Å². The predicted octanol–water partition coefficient (Wildman–Crippen LogP) is 3.73. The molecular formula is C17H28N2. The molecule has 1 fully saturated rings. The molecule has 0 amide bonds. The van der Waals surface area contributed by atoms with Crippen molar-refractivity contribution in [2.75, 3.05) is 13.1 Å². The van der Waals surface area contributed by atoms with Crippen LogP contribution in [0.4, 0.5) is 0 Å². The SMILES string of the molecule is CC(NCCCN)c1ccc(C2CCCCC2)cc1. The lowest BCUT2D eigenvalue weighted by Gasteiger charge is -2.22. The molecule has 0 aromatic heterocycles. The van der Waals surface area contributed by atoms with Crippen molar-refractivity contribution >= 4 is 0 Å². The molecule has 3 N–H and O–H groups in total. The van der Waals surface area contributed by atoms with Gasteiger partial charge in [-0.15, -0.1) is 0 Å². The first-order valence-corrected chi connectivity index (χ1v) is 7.84. The van der Waals surface area contributed by atoms with Gasteiger partial charge in [-0.05, 0) is 56.3 Å². The summed E-state index contributed by atoms with van der Waals surface area (Å²) in [7, 11) is 0. The van der Waals surface area contributed by atoms with Gasteiger partial charge in [0.1, 0.15) is 0 Å². The van der Waals surface area contributed by atoms with E-state index in [-0.39, 0.29) is 0 Å². The maximum Gasteiger partial charge on any atom is 0.0291 e. The van der Waals surface area contributed by atoms with Crippen molar-refractivity contribution in [3.05, 3.63) is 35.4 Å². The molecule has 0 radical (unpaired) electrons. The van der Waals surface area contributed by atoms with Crippen molar-refractivity contribution in [2.24, 2.45) is 5.73 Å². The molecule has 2 heteroatoms. The van der Waals surface area contributed by atoms with E-state index in [0.29, 0.717) is 6.04 Å². The van der Waals surface area contributed by atoms with Crippen molar-refractivity contribution in [3.63, 3.8) is 0 Å². The van der Waals surface area contributed by atoms with Gasteiger partial charge in [-0.2, -0.15) is 0 Å². The minimum absolute atomic E-state index is 0.423.